The molecule has 2 atom stereocenters. The Hall–Kier alpha value is -5.44. The molecule has 0 aromatic heterocycles. The van der Waals surface area contributed by atoms with E-state index in [1.54, 1.807) is 37.3 Å². The molecule has 0 radical (unpaired) electrons. The van der Waals surface area contributed by atoms with Crippen molar-refractivity contribution in [3.8, 4) is 11.5 Å². The molecule has 2 aliphatic heterocycles. The number of carbonyl (C=O) groups is 5. The molecule has 3 aromatic rings. The molecule has 0 aliphatic carbocycles. The van der Waals surface area contributed by atoms with E-state index in [0.717, 1.165) is 61.2 Å². The van der Waals surface area contributed by atoms with Crippen LogP contribution in [0.15, 0.2) is 60.7 Å². The highest BCUT2D eigenvalue weighted by Gasteiger charge is 2.43. The van der Waals surface area contributed by atoms with E-state index >= 15 is 0 Å². The zero-order chi connectivity index (χ0) is 39.5. The zero-order valence-electron chi connectivity index (χ0n) is 31.4. The number of amides is 5. The van der Waals surface area contributed by atoms with E-state index in [-0.39, 0.29) is 41.0 Å². The number of sulfone groups is 1. The number of hydrogen-bond donors (Lipinski definition) is 4. The minimum absolute atomic E-state index is 0.0313. The lowest BCUT2D eigenvalue weighted by atomic mass is 10.1. The van der Waals surface area contributed by atoms with Crippen molar-refractivity contribution in [1.29, 1.82) is 0 Å². The molecule has 14 nitrogen and oxygen atoms in total. The first-order valence-electron chi connectivity index (χ1n) is 18.6. The molecule has 55 heavy (non-hydrogen) atoms. The van der Waals surface area contributed by atoms with Crippen LogP contribution < -0.4 is 30.7 Å². The van der Waals surface area contributed by atoms with Crippen LogP contribution in [0.2, 0.25) is 0 Å². The number of ether oxygens (including phenoxy) is 2. The molecule has 5 rings (SSSR count). The molecule has 0 bridgehead atoms. The molecule has 1 fully saturated rings. The van der Waals surface area contributed by atoms with Gasteiger partial charge in [-0.05, 0) is 74.2 Å². The van der Waals surface area contributed by atoms with Crippen LogP contribution in [-0.2, 0) is 24.2 Å². The van der Waals surface area contributed by atoms with Crippen LogP contribution in [0.5, 0.6) is 11.5 Å². The zero-order valence-corrected chi connectivity index (χ0v) is 32.3. The van der Waals surface area contributed by atoms with Crippen molar-refractivity contribution >= 4 is 56.4 Å². The predicted octanol–water partition coefficient (Wildman–Crippen LogP) is 5.47. The quantitative estimate of drug-likeness (QED) is 0.0841. The fourth-order valence-electron chi connectivity index (χ4n) is 6.78. The molecular weight excluding hydrogens is 727 g/mol. The Morgan fingerprint density at radius 1 is 0.909 bits per heavy atom. The number of piperidine rings is 1. The summed E-state index contributed by atoms with van der Waals surface area (Å²) in [4.78, 5) is 65.0. The summed E-state index contributed by atoms with van der Waals surface area (Å²) in [5.74, 6) is -1.91. The SMILES string of the molecule is CCOc1cc([C@@H](CS(C)(=O)=O)N2C(=O)c3cccc(NC(=O)CCCCCCCCNc4cccc(NC5CCC(=O)NC5=O)c4)c3C2=O)ccc1OC. The summed E-state index contributed by atoms with van der Waals surface area (Å²) in [6.07, 6.45) is 7.51. The van der Waals surface area contributed by atoms with Gasteiger partial charge in [0.15, 0.2) is 11.5 Å². The van der Waals surface area contributed by atoms with Crippen LogP contribution in [0.3, 0.4) is 0 Å². The van der Waals surface area contributed by atoms with E-state index in [0.29, 0.717) is 42.9 Å². The number of anilines is 3. The molecule has 0 spiro atoms. The molecule has 2 heterocycles. The van der Waals surface area contributed by atoms with Gasteiger partial charge in [0, 0.05) is 37.0 Å². The summed E-state index contributed by atoms with van der Waals surface area (Å²) < 4.78 is 36.2. The summed E-state index contributed by atoms with van der Waals surface area (Å²) >= 11 is 0. The van der Waals surface area contributed by atoms with Crippen molar-refractivity contribution in [3.63, 3.8) is 0 Å². The van der Waals surface area contributed by atoms with Gasteiger partial charge < -0.3 is 25.4 Å². The average molecular weight is 776 g/mol. The first-order valence-corrected chi connectivity index (χ1v) is 20.7. The number of benzene rings is 3. The molecule has 4 N–H and O–H groups in total. The van der Waals surface area contributed by atoms with Crippen LogP contribution in [-0.4, -0.2) is 81.2 Å². The molecule has 15 heteroatoms. The third-order valence-electron chi connectivity index (χ3n) is 9.47. The molecule has 0 saturated carbocycles. The first kappa shape index (κ1) is 40.7. The molecule has 1 saturated heterocycles. The van der Waals surface area contributed by atoms with E-state index in [4.69, 9.17) is 9.47 Å². The third kappa shape index (κ3) is 10.8. The Labute approximate surface area is 321 Å². The lowest BCUT2D eigenvalue weighted by molar-refractivity contribution is -0.133. The topological polar surface area (TPSA) is 189 Å². The Bertz CT molecular complexity index is 2020. The smallest absolute Gasteiger partial charge is 0.264 e. The Morgan fingerprint density at radius 2 is 1.64 bits per heavy atom. The molecule has 3 aromatic carbocycles. The minimum atomic E-state index is -3.67. The van der Waals surface area contributed by atoms with E-state index in [1.807, 2.05) is 24.3 Å². The molecule has 1 unspecified atom stereocenters. The average Bonchev–Trinajstić information content (AvgIpc) is 3.40. The Kier molecular flexibility index (Phi) is 13.9. The first-order chi connectivity index (χ1) is 26.4. The molecular formula is C40H49N5O9S. The number of hydrogen-bond acceptors (Lipinski definition) is 11. The summed E-state index contributed by atoms with van der Waals surface area (Å²) in [5, 5.41) is 11.8. The van der Waals surface area contributed by atoms with Crippen molar-refractivity contribution < 1.29 is 41.9 Å². The van der Waals surface area contributed by atoms with Gasteiger partial charge in [0.05, 0.1) is 42.3 Å². The number of unbranched alkanes of at least 4 members (excludes halogenated alkanes) is 5. The second kappa shape index (κ2) is 18.7. The number of methoxy groups -OCH3 is 1. The molecule has 5 amide bonds. The molecule has 294 valence electrons. The number of nitrogens with zero attached hydrogens (tertiary/aromatic N) is 1. The van der Waals surface area contributed by atoms with Crippen LogP contribution in [0.4, 0.5) is 17.1 Å². The van der Waals surface area contributed by atoms with Gasteiger partial charge in [-0.25, -0.2) is 8.42 Å². The number of nitrogens with one attached hydrogen (secondary N) is 4. The van der Waals surface area contributed by atoms with Crippen molar-refractivity contribution in [3.05, 3.63) is 77.4 Å². The fourth-order valence-corrected chi connectivity index (χ4v) is 7.70. The van der Waals surface area contributed by atoms with Crippen LogP contribution in [0, 0.1) is 0 Å². The number of rotatable bonds is 20. The monoisotopic (exact) mass is 775 g/mol. The van der Waals surface area contributed by atoms with Gasteiger partial charge in [0.25, 0.3) is 11.8 Å². The lowest BCUT2D eigenvalue weighted by Gasteiger charge is -2.27. The van der Waals surface area contributed by atoms with Crippen LogP contribution in [0.25, 0.3) is 0 Å². The van der Waals surface area contributed by atoms with Crippen molar-refractivity contribution in [2.45, 2.75) is 76.8 Å². The minimum Gasteiger partial charge on any atom is -0.493 e. The Morgan fingerprint density at radius 3 is 2.36 bits per heavy atom. The van der Waals surface area contributed by atoms with Crippen molar-refractivity contribution in [2.75, 3.05) is 48.2 Å². The normalized spacial score (nSPS) is 16.0. The van der Waals surface area contributed by atoms with Gasteiger partial charge in [-0.3, -0.25) is 34.2 Å². The largest absolute Gasteiger partial charge is 0.493 e. The highest BCUT2D eigenvalue weighted by atomic mass is 32.2. The van der Waals surface area contributed by atoms with E-state index in [1.165, 1.54) is 13.2 Å². The summed E-state index contributed by atoms with van der Waals surface area (Å²) in [7, 11) is -2.19. The van der Waals surface area contributed by atoms with Gasteiger partial charge in [0.2, 0.25) is 17.7 Å². The van der Waals surface area contributed by atoms with E-state index in [2.05, 4.69) is 21.3 Å². The second-order valence-electron chi connectivity index (χ2n) is 13.7. The van der Waals surface area contributed by atoms with Crippen LogP contribution in [0.1, 0.15) is 97.0 Å². The number of fused-ring (bicyclic) bond motifs is 1. The van der Waals surface area contributed by atoms with Gasteiger partial charge >= 0.3 is 0 Å². The van der Waals surface area contributed by atoms with Gasteiger partial charge in [-0.1, -0.05) is 43.9 Å². The second-order valence-corrected chi connectivity index (χ2v) is 15.9. The highest BCUT2D eigenvalue weighted by Crippen LogP contribution is 2.38. The third-order valence-corrected chi connectivity index (χ3v) is 10.4. The lowest BCUT2D eigenvalue weighted by Crippen LogP contribution is -2.47. The van der Waals surface area contributed by atoms with Gasteiger partial charge in [-0.2, -0.15) is 0 Å². The maximum atomic E-state index is 13.9. The van der Waals surface area contributed by atoms with Crippen LogP contribution >= 0.6 is 0 Å². The fraction of sp³-hybridized carbons (Fsp3) is 0.425. The highest BCUT2D eigenvalue weighted by molar-refractivity contribution is 7.90. The summed E-state index contributed by atoms with van der Waals surface area (Å²) in [6, 6.07) is 15.5. The van der Waals surface area contributed by atoms with E-state index in [9.17, 15) is 32.4 Å². The maximum Gasteiger partial charge on any atom is 0.264 e. The summed E-state index contributed by atoms with van der Waals surface area (Å²) in [6.45, 7) is 2.89. The molecule has 2 aliphatic rings. The van der Waals surface area contributed by atoms with E-state index < -0.39 is 39.5 Å². The standard InChI is InChI=1S/C40H49N5O9S/c1-4-54-34-23-26(18-20-33(34)53-2)32(25-55(3,51)52)45-39(49)29-15-12-16-30(37(29)40(45)50)43-35(46)17-9-7-5-6-8-10-22-41-27-13-11-14-28(24-27)42-31-19-21-36(47)44-38(31)48/h11-16,18,20,23-24,31-32,41-42H,4-10,17,19,21-22,25H2,1-3H3,(H,43,46)(H,44,47,48)/t31?,32-/m1/s1. The Balaban J connectivity index is 1.07. The maximum absolute atomic E-state index is 13.9. The predicted molar refractivity (Wildman–Crippen MR) is 209 cm³/mol. The van der Waals surface area contributed by atoms with Crippen molar-refractivity contribution in [1.82, 2.24) is 10.2 Å². The number of carbonyl (C=O) groups excluding carboxylic acids is 5. The van der Waals surface area contributed by atoms with Gasteiger partial charge in [0.1, 0.15) is 15.9 Å². The van der Waals surface area contributed by atoms with Gasteiger partial charge in [-0.15, -0.1) is 0 Å². The number of imide groups is 2. The van der Waals surface area contributed by atoms with Crippen molar-refractivity contribution in [2.24, 2.45) is 0 Å². The summed E-state index contributed by atoms with van der Waals surface area (Å²) in [5.41, 5.74) is 2.46.